The SMILES string of the molecule is CCCCCCCCCCCCCCCC(=O)OCC(C)CC. The van der Waals surface area contributed by atoms with E-state index in [1.54, 1.807) is 0 Å². The Morgan fingerprint density at radius 2 is 1.17 bits per heavy atom. The fourth-order valence-electron chi connectivity index (χ4n) is 2.71. The molecule has 0 amide bonds. The molecule has 0 aliphatic heterocycles. The maximum absolute atomic E-state index is 11.5. The molecule has 0 aromatic heterocycles. The van der Waals surface area contributed by atoms with Crippen molar-refractivity contribution in [1.29, 1.82) is 0 Å². The molecule has 0 saturated heterocycles. The number of hydrogen-bond donors (Lipinski definition) is 0. The van der Waals surface area contributed by atoms with Crippen LogP contribution >= 0.6 is 0 Å². The summed E-state index contributed by atoms with van der Waals surface area (Å²) in [6.45, 7) is 7.12. The highest BCUT2D eigenvalue weighted by atomic mass is 16.5. The first-order valence-corrected chi connectivity index (χ1v) is 10.4. The molecule has 0 spiro atoms. The minimum absolute atomic E-state index is 0.00614. The van der Waals surface area contributed by atoms with Crippen molar-refractivity contribution in [3.8, 4) is 0 Å². The van der Waals surface area contributed by atoms with Gasteiger partial charge in [-0.2, -0.15) is 0 Å². The molecule has 138 valence electrons. The topological polar surface area (TPSA) is 26.3 Å². The van der Waals surface area contributed by atoms with Gasteiger partial charge in [-0.25, -0.2) is 0 Å². The summed E-state index contributed by atoms with van der Waals surface area (Å²) in [7, 11) is 0. The van der Waals surface area contributed by atoms with Crippen LogP contribution in [0.1, 0.15) is 117 Å². The minimum Gasteiger partial charge on any atom is -0.465 e. The van der Waals surface area contributed by atoms with Crippen molar-refractivity contribution in [3.63, 3.8) is 0 Å². The van der Waals surface area contributed by atoms with Gasteiger partial charge in [0.15, 0.2) is 0 Å². The third-order valence-electron chi connectivity index (χ3n) is 4.71. The smallest absolute Gasteiger partial charge is 0.305 e. The first-order chi connectivity index (χ1) is 11.2. The van der Waals surface area contributed by atoms with Gasteiger partial charge >= 0.3 is 5.97 Å². The lowest BCUT2D eigenvalue weighted by Gasteiger charge is -2.09. The number of unbranched alkanes of at least 4 members (excludes halogenated alkanes) is 12. The van der Waals surface area contributed by atoms with E-state index in [1.807, 2.05) is 0 Å². The van der Waals surface area contributed by atoms with Crippen LogP contribution in [0.3, 0.4) is 0 Å². The van der Waals surface area contributed by atoms with Crippen LogP contribution in [0.2, 0.25) is 0 Å². The van der Waals surface area contributed by atoms with Gasteiger partial charge < -0.3 is 4.74 Å². The average Bonchev–Trinajstić information content (AvgIpc) is 2.56. The number of carbonyl (C=O) groups excluding carboxylic acids is 1. The number of ether oxygens (including phenoxy) is 1. The van der Waals surface area contributed by atoms with Crippen molar-refractivity contribution < 1.29 is 9.53 Å². The Labute approximate surface area is 145 Å². The van der Waals surface area contributed by atoms with Gasteiger partial charge in [0, 0.05) is 6.42 Å². The number of esters is 1. The fourth-order valence-corrected chi connectivity index (χ4v) is 2.71. The van der Waals surface area contributed by atoms with Gasteiger partial charge in [0.2, 0.25) is 0 Å². The molecule has 23 heavy (non-hydrogen) atoms. The zero-order valence-electron chi connectivity index (χ0n) is 16.2. The summed E-state index contributed by atoms with van der Waals surface area (Å²) in [6, 6.07) is 0. The molecule has 0 bridgehead atoms. The van der Waals surface area contributed by atoms with Gasteiger partial charge in [-0.15, -0.1) is 0 Å². The summed E-state index contributed by atoms with van der Waals surface area (Å²) in [5, 5.41) is 0. The Morgan fingerprint density at radius 1 is 0.739 bits per heavy atom. The molecule has 0 radical (unpaired) electrons. The summed E-state index contributed by atoms with van der Waals surface area (Å²) in [4.78, 5) is 11.5. The second-order valence-electron chi connectivity index (χ2n) is 7.19. The Kier molecular flexibility index (Phi) is 17.4. The zero-order chi connectivity index (χ0) is 17.2. The monoisotopic (exact) mass is 326 g/mol. The molecular formula is C21H42O2. The highest BCUT2D eigenvalue weighted by Gasteiger charge is 2.05. The van der Waals surface area contributed by atoms with E-state index in [-0.39, 0.29) is 5.97 Å². The lowest BCUT2D eigenvalue weighted by atomic mass is 10.0. The molecular weight excluding hydrogens is 284 g/mol. The predicted octanol–water partition coefficient (Wildman–Crippen LogP) is 7.06. The van der Waals surface area contributed by atoms with E-state index in [9.17, 15) is 4.79 Å². The number of carbonyl (C=O) groups is 1. The first kappa shape index (κ1) is 22.5. The molecule has 2 heteroatoms. The molecule has 0 aliphatic carbocycles. The Morgan fingerprint density at radius 3 is 1.61 bits per heavy atom. The predicted molar refractivity (Wildman–Crippen MR) is 101 cm³/mol. The molecule has 0 saturated carbocycles. The third kappa shape index (κ3) is 17.7. The van der Waals surface area contributed by atoms with E-state index in [1.165, 1.54) is 77.0 Å². The summed E-state index contributed by atoms with van der Waals surface area (Å²) < 4.78 is 5.26. The van der Waals surface area contributed by atoms with E-state index >= 15 is 0 Å². The van der Waals surface area contributed by atoms with Gasteiger partial charge in [0.1, 0.15) is 0 Å². The maximum Gasteiger partial charge on any atom is 0.305 e. The number of hydrogen-bond acceptors (Lipinski definition) is 2. The van der Waals surface area contributed by atoms with Crippen LogP contribution in [-0.4, -0.2) is 12.6 Å². The second-order valence-corrected chi connectivity index (χ2v) is 7.19. The highest BCUT2D eigenvalue weighted by Crippen LogP contribution is 2.13. The summed E-state index contributed by atoms with van der Waals surface area (Å²) in [5.41, 5.74) is 0. The van der Waals surface area contributed by atoms with E-state index in [0.717, 1.165) is 12.8 Å². The minimum atomic E-state index is -0.00614. The van der Waals surface area contributed by atoms with Crippen molar-refractivity contribution >= 4 is 5.97 Å². The van der Waals surface area contributed by atoms with Gasteiger partial charge in [0.25, 0.3) is 0 Å². The number of rotatable bonds is 17. The molecule has 2 nitrogen and oxygen atoms in total. The quantitative estimate of drug-likeness (QED) is 0.211. The van der Waals surface area contributed by atoms with Crippen LogP contribution < -0.4 is 0 Å². The lowest BCUT2D eigenvalue weighted by molar-refractivity contribution is -0.145. The Balaban J connectivity index is 3.14. The highest BCUT2D eigenvalue weighted by molar-refractivity contribution is 5.69. The van der Waals surface area contributed by atoms with Crippen LogP contribution in [0.4, 0.5) is 0 Å². The molecule has 0 heterocycles. The van der Waals surface area contributed by atoms with E-state index in [4.69, 9.17) is 4.74 Å². The van der Waals surface area contributed by atoms with Gasteiger partial charge in [-0.05, 0) is 12.3 Å². The second kappa shape index (κ2) is 17.8. The van der Waals surface area contributed by atoms with Crippen molar-refractivity contribution in [3.05, 3.63) is 0 Å². The summed E-state index contributed by atoms with van der Waals surface area (Å²) in [5.74, 6) is 0.485. The van der Waals surface area contributed by atoms with E-state index in [0.29, 0.717) is 18.9 Å². The normalized spacial score (nSPS) is 12.3. The zero-order valence-corrected chi connectivity index (χ0v) is 16.2. The Bertz CT molecular complexity index is 250. The van der Waals surface area contributed by atoms with Crippen LogP contribution in [-0.2, 0) is 9.53 Å². The molecule has 0 N–H and O–H groups in total. The summed E-state index contributed by atoms with van der Waals surface area (Å²) in [6.07, 6.45) is 19.1. The van der Waals surface area contributed by atoms with Crippen molar-refractivity contribution in [2.45, 2.75) is 117 Å². The van der Waals surface area contributed by atoms with Crippen LogP contribution in [0.25, 0.3) is 0 Å². The van der Waals surface area contributed by atoms with Crippen LogP contribution in [0, 0.1) is 5.92 Å². The molecule has 0 aliphatic rings. The standard InChI is InChI=1S/C21H42O2/c1-4-6-7-8-9-10-11-12-13-14-15-16-17-18-21(22)23-19-20(3)5-2/h20H,4-19H2,1-3H3. The molecule has 1 unspecified atom stereocenters. The average molecular weight is 327 g/mol. The molecule has 0 rings (SSSR count). The van der Waals surface area contributed by atoms with Crippen molar-refractivity contribution in [2.24, 2.45) is 5.92 Å². The first-order valence-electron chi connectivity index (χ1n) is 10.4. The maximum atomic E-state index is 11.5. The van der Waals surface area contributed by atoms with Gasteiger partial charge in [-0.1, -0.05) is 104 Å². The van der Waals surface area contributed by atoms with Crippen molar-refractivity contribution in [1.82, 2.24) is 0 Å². The Hall–Kier alpha value is -0.530. The largest absolute Gasteiger partial charge is 0.465 e. The van der Waals surface area contributed by atoms with Crippen molar-refractivity contribution in [2.75, 3.05) is 6.61 Å². The molecule has 0 aromatic carbocycles. The summed E-state index contributed by atoms with van der Waals surface area (Å²) >= 11 is 0. The molecule has 0 fully saturated rings. The third-order valence-corrected chi connectivity index (χ3v) is 4.71. The fraction of sp³-hybridized carbons (Fsp3) is 0.952. The molecule has 1 atom stereocenters. The van der Waals surface area contributed by atoms with E-state index in [2.05, 4.69) is 20.8 Å². The van der Waals surface area contributed by atoms with Crippen LogP contribution in [0.5, 0.6) is 0 Å². The van der Waals surface area contributed by atoms with Gasteiger partial charge in [0.05, 0.1) is 6.61 Å². The van der Waals surface area contributed by atoms with Crippen LogP contribution in [0.15, 0.2) is 0 Å². The van der Waals surface area contributed by atoms with E-state index < -0.39 is 0 Å². The van der Waals surface area contributed by atoms with Gasteiger partial charge in [-0.3, -0.25) is 4.79 Å². The molecule has 0 aromatic rings. The lowest BCUT2D eigenvalue weighted by Crippen LogP contribution is -2.11.